The van der Waals surface area contributed by atoms with Crippen LogP contribution in [-0.4, -0.2) is 26.0 Å². The Kier molecular flexibility index (Phi) is 3.65. The minimum atomic E-state index is -1.03. The van der Waals surface area contributed by atoms with Crippen LogP contribution in [0.25, 0.3) is 0 Å². The van der Waals surface area contributed by atoms with Crippen LogP contribution in [0.3, 0.4) is 0 Å². The highest BCUT2D eigenvalue weighted by molar-refractivity contribution is 5.87. The minimum Gasteiger partial charge on any atom is -0.478 e. The van der Waals surface area contributed by atoms with Crippen molar-refractivity contribution in [3.8, 4) is 0 Å². The molecule has 2 aromatic rings. The zero-order valence-corrected chi connectivity index (χ0v) is 10.1. The molecule has 0 bridgehead atoms. The van der Waals surface area contributed by atoms with Crippen LogP contribution >= 0.6 is 0 Å². The number of carbonyl (C=O) groups is 1. The van der Waals surface area contributed by atoms with E-state index in [0.717, 1.165) is 0 Å². The van der Waals surface area contributed by atoms with Crippen molar-refractivity contribution in [1.29, 1.82) is 0 Å². The van der Waals surface area contributed by atoms with Crippen LogP contribution in [0.15, 0.2) is 24.7 Å². The van der Waals surface area contributed by atoms with Gasteiger partial charge in [0.1, 0.15) is 6.33 Å². The molecule has 0 fully saturated rings. The third-order valence-electron chi connectivity index (χ3n) is 2.46. The summed E-state index contributed by atoms with van der Waals surface area (Å²) in [5, 5.41) is 11.6. The molecule has 2 rings (SSSR count). The lowest BCUT2D eigenvalue weighted by Gasteiger charge is -2.07. The molecule has 2 heterocycles. The molecule has 2 aromatic heterocycles. The Labute approximate surface area is 108 Å². The molecule has 0 atom stereocenters. The first-order valence-electron chi connectivity index (χ1n) is 5.47. The van der Waals surface area contributed by atoms with Crippen molar-refractivity contribution in [3.63, 3.8) is 0 Å². The quantitative estimate of drug-likeness (QED) is 0.870. The predicted molar refractivity (Wildman–Crippen MR) is 65.2 cm³/mol. The number of carboxylic acid groups (broad SMARTS) is 1. The maximum atomic E-state index is 13.6. The summed E-state index contributed by atoms with van der Waals surface area (Å²) in [6.07, 6.45) is 2.64. The summed E-state index contributed by atoms with van der Waals surface area (Å²) in [4.78, 5) is 22.3. The van der Waals surface area contributed by atoms with Gasteiger partial charge in [-0.25, -0.2) is 19.2 Å². The highest BCUT2D eigenvalue weighted by atomic mass is 19.1. The van der Waals surface area contributed by atoms with Gasteiger partial charge in [0.25, 0.3) is 0 Å². The molecule has 0 aliphatic heterocycles. The molecule has 0 unspecified atom stereocenters. The Morgan fingerprint density at radius 3 is 2.95 bits per heavy atom. The van der Waals surface area contributed by atoms with Crippen molar-refractivity contribution in [2.45, 2.75) is 13.5 Å². The van der Waals surface area contributed by atoms with Crippen molar-refractivity contribution in [3.05, 3.63) is 47.4 Å². The fourth-order valence-corrected chi connectivity index (χ4v) is 1.46. The van der Waals surface area contributed by atoms with Crippen LogP contribution in [0.2, 0.25) is 0 Å². The summed E-state index contributed by atoms with van der Waals surface area (Å²) < 4.78 is 13.6. The number of anilines is 1. The number of rotatable bonds is 4. The monoisotopic (exact) mass is 262 g/mol. The number of halogens is 1. The third kappa shape index (κ3) is 3.01. The van der Waals surface area contributed by atoms with Gasteiger partial charge in [0.15, 0.2) is 11.6 Å². The number of aryl methyl sites for hydroxylation is 1. The van der Waals surface area contributed by atoms with Gasteiger partial charge < -0.3 is 10.4 Å². The fourth-order valence-electron chi connectivity index (χ4n) is 1.46. The number of nitrogens with one attached hydrogen (secondary N) is 1. The molecule has 0 aliphatic rings. The molecule has 0 saturated carbocycles. The van der Waals surface area contributed by atoms with Crippen LogP contribution in [0.5, 0.6) is 0 Å². The largest absolute Gasteiger partial charge is 0.478 e. The van der Waals surface area contributed by atoms with E-state index in [1.54, 1.807) is 0 Å². The summed E-state index contributed by atoms with van der Waals surface area (Å²) in [6.45, 7) is 1.71. The molecule has 0 aliphatic carbocycles. The van der Waals surface area contributed by atoms with E-state index in [2.05, 4.69) is 20.3 Å². The molecule has 6 nitrogen and oxygen atoms in total. The van der Waals surface area contributed by atoms with Gasteiger partial charge >= 0.3 is 5.97 Å². The Morgan fingerprint density at radius 2 is 2.21 bits per heavy atom. The van der Waals surface area contributed by atoms with Gasteiger partial charge in [0.2, 0.25) is 0 Å². The van der Waals surface area contributed by atoms with Gasteiger partial charge in [-0.15, -0.1) is 0 Å². The molecule has 19 heavy (non-hydrogen) atoms. The first-order valence-corrected chi connectivity index (χ1v) is 5.47. The maximum absolute atomic E-state index is 13.6. The minimum absolute atomic E-state index is 0.0648. The molecule has 0 amide bonds. The van der Waals surface area contributed by atoms with Crippen LogP contribution in [0, 0.1) is 12.7 Å². The van der Waals surface area contributed by atoms with Crippen molar-refractivity contribution < 1.29 is 14.3 Å². The number of carboxylic acids is 1. The number of aromatic nitrogens is 3. The summed E-state index contributed by atoms with van der Waals surface area (Å²) in [5.74, 6) is -1.50. The topological polar surface area (TPSA) is 88.0 Å². The zero-order chi connectivity index (χ0) is 13.8. The van der Waals surface area contributed by atoms with E-state index in [-0.39, 0.29) is 23.6 Å². The molecule has 0 aromatic carbocycles. The van der Waals surface area contributed by atoms with Crippen molar-refractivity contribution in [1.82, 2.24) is 15.0 Å². The van der Waals surface area contributed by atoms with Crippen LogP contribution in [0.4, 0.5) is 10.2 Å². The average Bonchev–Trinajstić information content (AvgIpc) is 2.41. The lowest BCUT2D eigenvalue weighted by molar-refractivity contribution is 0.0696. The van der Waals surface area contributed by atoms with Gasteiger partial charge in [-0.3, -0.25) is 4.98 Å². The van der Waals surface area contributed by atoms with E-state index in [1.165, 1.54) is 31.6 Å². The summed E-state index contributed by atoms with van der Waals surface area (Å²) in [7, 11) is 0. The molecule has 0 saturated heterocycles. The number of pyridine rings is 1. The van der Waals surface area contributed by atoms with Gasteiger partial charge in [0.05, 0.1) is 23.5 Å². The van der Waals surface area contributed by atoms with Crippen LogP contribution in [0.1, 0.15) is 21.7 Å². The van der Waals surface area contributed by atoms with Crippen molar-refractivity contribution in [2.24, 2.45) is 0 Å². The van der Waals surface area contributed by atoms with Crippen LogP contribution < -0.4 is 5.32 Å². The lowest BCUT2D eigenvalue weighted by atomic mass is 10.2. The number of nitrogens with zero attached hydrogens (tertiary/aromatic N) is 3. The first-order chi connectivity index (χ1) is 9.08. The lowest BCUT2D eigenvalue weighted by Crippen LogP contribution is -2.08. The first kappa shape index (κ1) is 12.9. The summed E-state index contributed by atoms with van der Waals surface area (Å²) in [5.41, 5.74) is 0.853. The molecule has 0 radical (unpaired) electrons. The van der Waals surface area contributed by atoms with Crippen molar-refractivity contribution >= 4 is 11.8 Å². The van der Waals surface area contributed by atoms with Gasteiger partial charge in [-0.05, 0) is 19.1 Å². The van der Waals surface area contributed by atoms with Gasteiger partial charge in [0, 0.05) is 6.20 Å². The van der Waals surface area contributed by atoms with Crippen LogP contribution in [-0.2, 0) is 6.54 Å². The molecule has 2 N–H and O–H groups in total. The molecule has 7 heteroatoms. The van der Waals surface area contributed by atoms with E-state index >= 15 is 0 Å². The standard InChI is InChI=1S/C12H11FN4O2/c1-7-10(13)11(17-6-16-7)15-5-9-4-8(12(18)19)2-3-14-9/h2-4,6H,5H2,1H3,(H,18,19)(H,15,16,17). The summed E-state index contributed by atoms with van der Waals surface area (Å²) in [6, 6.07) is 2.81. The fraction of sp³-hybridized carbons (Fsp3) is 0.167. The smallest absolute Gasteiger partial charge is 0.335 e. The third-order valence-corrected chi connectivity index (χ3v) is 2.46. The molecular weight excluding hydrogens is 251 g/mol. The number of hydrogen-bond acceptors (Lipinski definition) is 5. The van der Waals surface area contributed by atoms with E-state index in [0.29, 0.717) is 5.69 Å². The van der Waals surface area contributed by atoms with Gasteiger partial charge in [-0.2, -0.15) is 0 Å². The molecular formula is C12H11FN4O2. The predicted octanol–water partition coefficient (Wildman–Crippen LogP) is 1.63. The Bertz CT molecular complexity index is 618. The Hall–Kier alpha value is -2.57. The molecule has 0 spiro atoms. The second kappa shape index (κ2) is 5.38. The average molecular weight is 262 g/mol. The normalized spacial score (nSPS) is 10.2. The maximum Gasteiger partial charge on any atom is 0.335 e. The second-order valence-electron chi connectivity index (χ2n) is 3.82. The second-order valence-corrected chi connectivity index (χ2v) is 3.82. The Balaban J connectivity index is 2.12. The van der Waals surface area contributed by atoms with E-state index in [4.69, 9.17) is 5.11 Å². The van der Waals surface area contributed by atoms with E-state index in [9.17, 15) is 9.18 Å². The summed E-state index contributed by atoms with van der Waals surface area (Å²) >= 11 is 0. The van der Waals surface area contributed by atoms with E-state index in [1.807, 2.05) is 0 Å². The van der Waals surface area contributed by atoms with E-state index < -0.39 is 11.8 Å². The van der Waals surface area contributed by atoms with Gasteiger partial charge in [-0.1, -0.05) is 0 Å². The van der Waals surface area contributed by atoms with Crippen molar-refractivity contribution in [2.75, 3.05) is 5.32 Å². The number of aromatic carboxylic acids is 1. The highest BCUT2D eigenvalue weighted by Crippen LogP contribution is 2.12. The molecule has 98 valence electrons. The Morgan fingerprint density at radius 1 is 1.42 bits per heavy atom. The highest BCUT2D eigenvalue weighted by Gasteiger charge is 2.08. The SMILES string of the molecule is Cc1ncnc(NCc2cc(C(=O)O)ccn2)c1F. The number of hydrogen-bond donors (Lipinski definition) is 2. The zero-order valence-electron chi connectivity index (χ0n) is 10.1.